The first-order chi connectivity index (χ1) is 7.95. The summed E-state index contributed by atoms with van der Waals surface area (Å²) in [5, 5.41) is 9.61. The van der Waals surface area contributed by atoms with Crippen molar-refractivity contribution in [3.63, 3.8) is 0 Å². The van der Waals surface area contributed by atoms with E-state index in [-0.39, 0.29) is 46.4 Å². The van der Waals surface area contributed by atoms with Gasteiger partial charge in [0.15, 0.2) is 6.10 Å². The Hall–Kier alpha value is -0.790. The van der Waals surface area contributed by atoms with Crippen molar-refractivity contribution in [2.75, 3.05) is 0 Å². The first-order valence-electron chi connectivity index (χ1n) is 4.64. The minimum absolute atomic E-state index is 0. The predicted molar refractivity (Wildman–Crippen MR) is 66.9 cm³/mol. The van der Waals surface area contributed by atoms with Gasteiger partial charge >= 0.3 is 35.3 Å². The maximum absolute atomic E-state index is 11.2. The van der Waals surface area contributed by atoms with Crippen molar-refractivity contribution in [2.45, 2.75) is 6.10 Å². The zero-order chi connectivity index (χ0) is 12.6. The average molecular weight is 276 g/mol. The standard InChI is InChI=1S/C10H8N2O4S.Na.H/c11-12-10-7-4-2-1-3-6(7)9(5-8(10)13)17(14,15)16;;/h1-5,8,13H,(H,14,15,16);;. The van der Waals surface area contributed by atoms with Gasteiger partial charge in [-0.2, -0.15) is 13.2 Å². The molecule has 0 saturated carbocycles. The van der Waals surface area contributed by atoms with E-state index in [0.717, 1.165) is 6.08 Å². The van der Waals surface area contributed by atoms with Crippen LogP contribution < -0.4 is 0 Å². The minimum atomic E-state index is -4.44. The molecule has 0 amide bonds. The van der Waals surface area contributed by atoms with Gasteiger partial charge in [0, 0.05) is 5.56 Å². The normalized spacial score (nSPS) is 18.2. The molecule has 1 atom stereocenters. The SMILES string of the molecule is [N-]=[N+]=C1c2ccccc2C(S(=O)(=O)O)=CC1O.[NaH]. The third-order valence-electron chi connectivity index (χ3n) is 2.44. The second-order valence-corrected chi connectivity index (χ2v) is 4.87. The summed E-state index contributed by atoms with van der Waals surface area (Å²) >= 11 is 0. The van der Waals surface area contributed by atoms with Gasteiger partial charge in [0.25, 0.3) is 10.1 Å². The number of benzene rings is 1. The molecule has 0 fully saturated rings. The topological polar surface area (TPSA) is 111 Å². The maximum atomic E-state index is 11.2. The van der Waals surface area contributed by atoms with E-state index in [1.54, 1.807) is 12.1 Å². The van der Waals surface area contributed by atoms with Crippen molar-refractivity contribution < 1.29 is 22.9 Å². The number of nitrogens with zero attached hydrogens (tertiary/aromatic N) is 2. The van der Waals surface area contributed by atoms with Crippen LogP contribution in [0.1, 0.15) is 11.1 Å². The Balaban J connectivity index is 0.00000162. The Morgan fingerprint density at radius 2 is 1.78 bits per heavy atom. The number of hydrogen-bond acceptors (Lipinski definition) is 3. The first-order valence-corrected chi connectivity index (χ1v) is 6.08. The van der Waals surface area contributed by atoms with Crippen LogP contribution in [-0.4, -0.2) is 64.2 Å². The van der Waals surface area contributed by atoms with E-state index in [0.29, 0.717) is 0 Å². The number of aliphatic hydroxyl groups excluding tert-OH is 1. The summed E-state index contributed by atoms with van der Waals surface area (Å²) in [5.41, 5.74) is 9.17. The summed E-state index contributed by atoms with van der Waals surface area (Å²) in [5.74, 6) is 0. The Bertz CT molecular complexity index is 662. The molecule has 1 aromatic carbocycles. The Kier molecular flexibility index (Phi) is 4.63. The molecule has 0 aliphatic heterocycles. The summed E-state index contributed by atoms with van der Waals surface area (Å²) in [4.78, 5) is 2.54. The van der Waals surface area contributed by atoms with Gasteiger partial charge in [-0.3, -0.25) is 4.55 Å². The van der Waals surface area contributed by atoms with E-state index in [4.69, 9.17) is 10.1 Å². The first kappa shape index (κ1) is 15.3. The van der Waals surface area contributed by atoms with Crippen molar-refractivity contribution in [1.29, 1.82) is 0 Å². The van der Waals surface area contributed by atoms with Crippen LogP contribution in [0, 0.1) is 0 Å². The molecule has 1 aromatic rings. The van der Waals surface area contributed by atoms with Gasteiger partial charge in [-0.25, -0.2) is 0 Å². The van der Waals surface area contributed by atoms with Crippen LogP contribution in [0.25, 0.3) is 10.4 Å². The van der Waals surface area contributed by atoms with Crippen molar-refractivity contribution in [1.82, 2.24) is 0 Å². The van der Waals surface area contributed by atoms with Gasteiger partial charge in [0.05, 0.1) is 5.56 Å². The molecule has 0 radical (unpaired) electrons. The Morgan fingerprint density at radius 3 is 2.28 bits per heavy atom. The van der Waals surface area contributed by atoms with Gasteiger partial charge in [-0.05, 0) is 12.1 Å². The average Bonchev–Trinajstić information content (AvgIpc) is 2.27. The Morgan fingerprint density at radius 1 is 1.22 bits per heavy atom. The van der Waals surface area contributed by atoms with Gasteiger partial charge in [0.1, 0.15) is 4.91 Å². The number of rotatable bonds is 1. The van der Waals surface area contributed by atoms with Crippen molar-refractivity contribution in [3.8, 4) is 0 Å². The number of aliphatic hydroxyl groups is 1. The monoisotopic (exact) mass is 276 g/mol. The molecule has 1 aliphatic rings. The van der Waals surface area contributed by atoms with Crippen LogP contribution in [-0.2, 0) is 10.1 Å². The molecular formula is C10H9N2NaO4S. The van der Waals surface area contributed by atoms with Crippen molar-refractivity contribution in [2.24, 2.45) is 0 Å². The third kappa shape index (κ3) is 2.62. The third-order valence-corrected chi connectivity index (χ3v) is 3.36. The summed E-state index contributed by atoms with van der Waals surface area (Å²) in [6.07, 6.45) is -0.459. The number of fused-ring (bicyclic) bond motifs is 1. The number of hydrogen-bond donors (Lipinski definition) is 2. The van der Waals surface area contributed by atoms with Crippen LogP contribution in [0.4, 0.5) is 0 Å². The summed E-state index contributed by atoms with van der Waals surface area (Å²) < 4.78 is 31.4. The van der Waals surface area contributed by atoms with Gasteiger partial charge in [-0.15, -0.1) is 0 Å². The second-order valence-electron chi connectivity index (χ2n) is 3.48. The van der Waals surface area contributed by atoms with Crippen LogP contribution in [0.3, 0.4) is 0 Å². The summed E-state index contributed by atoms with van der Waals surface area (Å²) in [6, 6.07) is 6.12. The molecule has 6 nitrogen and oxygen atoms in total. The van der Waals surface area contributed by atoms with Crippen molar-refractivity contribution >= 4 is 50.3 Å². The molecule has 18 heavy (non-hydrogen) atoms. The van der Waals surface area contributed by atoms with Gasteiger partial charge in [0.2, 0.25) is 0 Å². The molecule has 0 saturated heterocycles. The molecular weight excluding hydrogens is 267 g/mol. The second kappa shape index (κ2) is 5.46. The fourth-order valence-corrected chi connectivity index (χ4v) is 2.49. The van der Waals surface area contributed by atoms with E-state index in [1.165, 1.54) is 12.1 Å². The molecule has 2 rings (SSSR count). The molecule has 0 heterocycles. The van der Waals surface area contributed by atoms with E-state index in [1.807, 2.05) is 0 Å². The van der Waals surface area contributed by atoms with Gasteiger partial charge < -0.3 is 10.6 Å². The van der Waals surface area contributed by atoms with E-state index < -0.39 is 21.1 Å². The zero-order valence-electron chi connectivity index (χ0n) is 8.48. The molecule has 90 valence electrons. The fourth-order valence-electron chi connectivity index (χ4n) is 1.73. The predicted octanol–water partition coefficient (Wildman–Crippen LogP) is -0.340. The summed E-state index contributed by atoms with van der Waals surface area (Å²) in [7, 11) is -4.44. The van der Waals surface area contributed by atoms with Crippen LogP contribution in [0.15, 0.2) is 30.3 Å². The molecule has 1 unspecified atom stereocenters. The molecule has 8 heteroatoms. The van der Waals surface area contributed by atoms with E-state index >= 15 is 0 Å². The zero-order valence-corrected chi connectivity index (χ0v) is 9.29. The van der Waals surface area contributed by atoms with Crippen LogP contribution in [0.5, 0.6) is 0 Å². The van der Waals surface area contributed by atoms with Gasteiger partial charge in [-0.1, -0.05) is 18.2 Å². The van der Waals surface area contributed by atoms with Crippen LogP contribution >= 0.6 is 0 Å². The molecule has 0 aromatic heterocycles. The summed E-state index contributed by atoms with van der Waals surface area (Å²) in [6.45, 7) is 0. The van der Waals surface area contributed by atoms with E-state index in [9.17, 15) is 13.5 Å². The molecule has 2 N–H and O–H groups in total. The van der Waals surface area contributed by atoms with Crippen molar-refractivity contribution in [3.05, 3.63) is 47.0 Å². The quantitative estimate of drug-likeness (QED) is 0.316. The van der Waals surface area contributed by atoms with E-state index in [2.05, 4.69) is 4.79 Å². The Labute approximate surface area is 126 Å². The molecule has 1 aliphatic carbocycles. The molecule has 0 bridgehead atoms. The molecule has 0 spiro atoms. The fraction of sp³-hybridized carbons (Fsp3) is 0.100. The van der Waals surface area contributed by atoms with Crippen LogP contribution in [0.2, 0.25) is 0 Å².